The van der Waals surface area contributed by atoms with E-state index in [0.717, 1.165) is 77.6 Å². The first kappa shape index (κ1) is 33.3. The smallest absolute Gasteiger partial charge is 0.136 e. The maximum atomic E-state index is 6.36. The molecule has 276 valence electrons. The fourth-order valence-corrected chi connectivity index (χ4v) is 9.08. The third-order valence-electron chi connectivity index (χ3n) is 11.9. The molecule has 0 spiro atoms. The first-order valence-electron chi connectivity index (χ1n) is 20.1. The van der Waals surface area contributed by atoms with Crippen molar-refractivity contribution >= 4 is 82.5 Å². The molecular formula is C56H35NO2. The maximum absolute atomic E-state index is 6.36. The summed E-state index contributed by atoms with van der Waals surface area (Å²) in [5.74, 6) is 0. The van der Waals surface area contributed by atoms with Crippen LogP contribution in [0.4, 0.5) is 17.1 Å². The van der Waals surface area contributed by atoms with Crippen LogP contribution in [0, 0.1) is 0 Å². The Kier molecular flexibility index (Phi) is 7.54. The highest BCUT2D eigenvalue weighted by atomic mass is 16.3. The van der Waals surface area contributed by atoms with Crippen molar-refractivity contribution in [3.05, 3.63) is 212 Å². The van der Waals surface area contributed by atoms with E-state index >= 15 is 0 Å². The molecule has 3 nitrogen and oxygen atoms in total. The molecule has 2 aromatic heterocycles. The first-order chi connectivity index (χ1) is 29.2. The summed E-state index contributed by atoms with van der Waals surface area (Å²) in [5.41, 5.74) is 13.7. The van der Waals surface area contributed by atoms with Crippen LogP contribution in [0.1, 0.15) is 0 Å². The molecule has 10 aromatic carbocycles. The number of benzene rings is 10. The fraction of sp³-hybridized carbons (Fsp3) is 0. The summed E-state index contributed by atoms with van der Waals surface area (Å²) in [7, 11) is 0. The Hall–Kier alpha value is -7.88. The van der Waals surface area contributed by atoms with Gasteiger partial charge in [0.25, 0.3) is 0 Å². The van der Waals surface area contributed by atoms with Crippen molar-refractivity contribution in [3.63, 3.8) is 0 Å². The number of fused-ring (bicyclic) bond motifs is 9. The summed E-state index contributed by atoms with van der Waals surface area (Å²) in [5, 5.41) is 9.24. The highest BCUT2D eigenvalue weighted by Crippen LogP contribution is 2.50. The van der Waals surface area contributed by atoms with Crippen LogP contribution in [0.25, 0.3) is 98.8 Å². The molecule has 0 radical (unpaired) electrons. The van der Waals surface area contributed by atoms with Crippen molar-refractivity contribution in [3.8, 4) is 33.4 Å². The van der Waals surface area contributed by atoms with E-state index in [9.17, 15) is 0 Å². The second-order valence-corrected chi connectivity index (χ2v) is 15.2. The SMILES string of the molecule is c1ccc(-c2ccc(-c3c(N(c4ccc(-c5ccc6c(c5)oc5ccccc56)cc4)c4ccc5oc6ccccc6c5c4)c4ccccc4c4ccccc34)cc2)cc1. The second kappa shape index (κ2) is 13.4. The standard InChI is InChI=1S/C56H35NO2/c1-2-12-36(13-3-1)37-22-24-39(25-23-37)55-48-18-6-4-14-43(48)44-15-5-7-19-49(44)56(55)57(42-31-33-53-50(35-42)46-17-9-11-21-52(46)58-53)41-29-26-38(27-30-41)40-28-32-47-45-16-8-10-20-51(45)59-54(47)34-40/h1-35H. The van der Waals surface area contributed by atoms with Gasteiger partial charge in [-0.2, -0.15) is 0 Å². The van der Waals surface area contributed by atoms with Crippen molar-refractivity contribution in [2.24, 2.45) is 0 Å². The number of para-hydroxylation sites is 2. The molecule has 0 saturated heterocycles. The molecule has 12 aromatic rings. The molecule has 0 fully saturated rings. The summed E-state index contributed by atoms with van der Waals surface area (Å²) in [6.07, 6.45) is 0. The van der Waals surface area contributed by atoms with Crippen molar-refractivity contribution in [1.29, 1.82) is 0 Å². The van der Waals surface area contributed by atoms with E-state index in [1.54, 1.807) is 0 Å². The van der Waals surface area contributed by atoms with Gasteiger partial charge in [-0.25, -0.2) is 0 Å². The van der Waals surface area contributed by atoms with Crippen LogP contribution >= 0.6 is 0 Å². The Morgan fingerprint density at radius 2 is 0.712 bits per heavy atom. The van der Waals surface area contributed by atoms with Gasteiger partial charge >= 0.3 is 0 Å². The van der Waals surface area contributed by atoms with Gasteiger partial charge < -0.3 is 13.7 Å². The zero-order valence-electron chi connectivity index (χ0n) is 32.0. The van der Waals surface area contributed by atoms with Crippen LogP contribution in [-0.2, 0) is 0 Å². The Labute approximate surface area is 340 Å². The summed E-state index contributed by atoms with van der Waals surface area (Å²) in [4.78, 5) is 2.45. The number of anilines is 3. The van der Waals surface area contributed by atoms with Gasteiger partial charge in [0, 0.05) is 43.9 Å². The number of hydrogen-bond donors (Lipinski definition) is 0. The molecule has 12 rings (SSSR count). The molecule has 3 heteroatoms. The Balaban J connectivity index is 1.11. The monoisotopic (exact) mass is 753 g/mol. The number of furan rings is 2. The summed E-state index contributed by atoms with van der Waals surface area (Å²) < 4.78 is 12.7. The molecule has 2 heterocycles. The average Bonchev–Trinajstić information content (AvgIpc) is 3.87. The van der Waals surface area contributed by atoms with Crippen molar-refractivity contribution in [2.75, 3.05) is 4.90 Å². The predicted octanol–water partition coefficient (Wildman–Crippen LogP) is 16.3. The van der Waals surface area contributed by atoms with E-state index in [-0.39, 0.29) is 0 Å². The van der Waals surface area contributed by atoms with E-state index in [0.29, 0.717) is 0 Å². The minimum absolute atomic E-state index is 0.867. The highest BCUT2D eigenvalue weighted by molar-refractivity contribution is 6.23. The Bertz CT molecular complexity index is 3540. The summed E-state index contributed by atoms with van der Waals surface area (Å²) in [6.45, 7) is 0. The minimum atomic E-state index is 0.867. The molecule has 0 unspecified atom stereocenters. The van der Waals surface area contributed by atoms with Gasteiger partial charge in [-0.1, -0.05) is 158 Å². The Morgan fingerprint density at radius 1 is 0.254 bits per heavy atom. The molecule has 0 aliphatic heterocycles. The average molecular weight is 754 g/mol. The Morgan fingerprint density at radius 3 is 1.44 bits per heavy atom. The molecule has 0 bridgehead atoms. The molecule has 0 atom stereocenters. The van der Waals surface area contributed by atoms with Crippen molar-refractivity contribution in [2.45, 2.75) is 0 Å². The van der Waals surface area contributed by atoms with E-state index in [1.807, 2.05) is 24.3 Å². The lowest BCUT2D eigenvalue weighted by Gasteiger charge is -2.31. The first-order valence-corrected chi connectivity index (χ1v) is 20.1. The number of nitrogens with zero attached hydrogens (tertiary/aromatic N) is 1. The molecule has 0 aliphatic carbocycles. The van der Waals surface area contributed by atoms with Gasteiger partial charge in [-0.3, -0.25) is 0 Å². The lowest BCUT2D eigenvalue weighted by molar-refractivity contribution is 0.668. The van der Waals surface area contributed by atoms with Crippen LogP contribution in [0.3, 0.4) is 0 Å². The van der Waals surface area contributed by atoms with Crippen LogP contribution in [0.2, 0.25) is 0 Å². The summed E-state index contributed by atoms with van der Waals surface area (Å²) >= 11 is 0. The fourth-order valence-electron chi connectivity index (χ4n) is 9.08. The zero-order valence-corrected chi connectivity index (χ0v) is 32.0. The van der Waals surface area contributed by atoms with Crippen molar-refractivity contribution in [1.82, 2.24) is 0 Å². The largest absolute Gasteiger partial charge is 0.456 e. The number of hydrogen-bond acceptors (Lipinski definition) is 3. The molecule has 0 amide bonds. The lowest BCUT2D eigenvalue weighted by Crippen LogP contribution is -2.12. The lowest BCUT2D eigenvalue weighted by atomic mass is 9.89. The van der Waals surface area contributed by atoms with Crippen molar-refractivity contribution < 1.29 is 8.83 Å². The third kappa shape index (κ3) is 5.44. The molecule has 0 aliphatic rings. The highest BCUT2D eigenvalue weighted by Gasteiger charge is 2.24. The minimum Gasteiger partial charge on any atom is -0.456 e. The van der Waals surface area contributed by atoms with E-state index < -0.39 is 0 Å². The topological polar surface area (TPSA) is 29.5 Å². The second-order valence-electron chi connectivity index (χ2n) is 15.2. The zero-order chi connectivity index (χ0) is 38.9. The quantitative estimate of drug-likeness (QED) is 0.158. The van der Waals surface area contributed by atoms with E-state index in [1.165, 1.54) is 38.2 Å². The van der Waals surface area contributed by atoms with Crippen LogP contribution < -0.4 is 4.90 Å². The van der Waals surface area contributed by atoms with Gasteiger partial charge in [0.1, 0.15) is 22.3 Å². The maximum Gasteiger partial charge on any atom is 0.136 e. The van der Waals surface area contributed by atoms with Gasteiger partial charge in [0.2, 0.25) is 0 Å². The van der Waals surface area contributed by atoms with Crippen LogP contribution in [-0.4, -0.2) is 0 Å². The normalized spacial score (nSPS) is 11.7. The van der Waals surface area contributed by atoms with E-state index in [4.69, 9.17) is 8.83 Å². The molecule has 0 saturated carbocycles. The third-order valence-corrected chi connectivity index (χ3v) is 11.9. The van der Waals surface area contributed by atoms with Gasteiger partial charge in [0.05, 0.1) is 5.69 Å². The molecule has 59 heavy (non-hydrogen) atoms. The van der Waals surface area contributed by atoms with Gasteiger partial charge in [0.15, 0.2) is 0 Å². The van der Waals surface area contributed by atoms with E-state index in [2.05, 4.69) is 193 Å². The van der Waals surface area contributed by atoms with Gasteiger partial charge in [-0.15, -0.1) is 0 Å². The molecule has 0 N–H and O–H groups in total. The summed E-state index contributed by atoms with van der Waals surface area (Å²) in [6, 6.07) is 76.0. The molecular weight excluding hydrogens is 719 g/mol. The number of rotatable bonds is 6. The predicted molar refractivity (Wildman–Crippen MR) is 247 cm³/mol. The van der Waals surface area contributed by atoms with Gasteiger partial charge in [-0.05, 0) is 98.6 Å². The van der Waals surface area contributed by atoms with Crippen LogP contribution in [0.15, 0.2) is 221 Å². The van der Waals surface area contributed by atoms with Crippen LogP contribution in [0.5, 0.6) is 0 Å².